The van der Waals surface area contributed by atoms with E-state index < -0.39 is 0 Å². The number of nitrogens with zero attached hydrogens (tertiary/aromatic N) is 1. The Labute approximate surface area is 158 Å². The van der Waals surface area contributed by atoms with Crippen molar-refractivity contribution in [1.82, 2.24) is 4.90 Å². The molecule has 2 aromatic carbocycles. The quantitative estimate of drug-likeness (QED) is 0.687. The molecule has 2 aromatic rings. The van der Waals surface area contributed by atoms with E-state index in [-0.39, 0.29) is 11.8 Å². The van der Waals surface area contributed by atoms with E-state index in [2.05, 4.69) is 29.2 Å². The molecule has 1 aliphatic heterocycles. The van der Waals surface area contributed by atoms with Crippen LogP contribution in [-0.4, -0.2) is 23.9 Å². The van der Waals surface area contributed by atoms with Crippen LogP contribution < -0.4 is 0 Å². The fourth-order valence-corrected chi connectivity index (χ4v) is 3.95. The van der Waals surface area contributed by atoms with Gasteiger partial charge in [0.2, 0.25) is 5.91 Å². The summed E-state index contributed by atoms with van der Waals surface area (Å²) in [6.45, 7) is 1.80. The second-order valence-electron chi connectivity index (χ2n) is 7.41. The van der Waals surface area contributed by atoms with Crippen molar-refractivity contribution < 1.29 is 4.79 Å². The zero-order valence-corrected chi connectivity index (χ0v) is 15.8. The predicted molar refractivity (Wildman–Crippen MR) is 108 cm³/mol. The summed E-state index contributed by atoms with van der Waals surface area (Å²) in [5.41, 5.74) is 2.19. The second-order valence-corrected chi connectivity index (χ2v) is 7.41. The van der Waals surface area contributed by atoms with Crippen molar-refractivity contribution in [3.05, 3.63) is 71.8 Å². The molecule has 1 fully saturated rings. The highest BCUT2D eigenvalue weighted by atomic mass is 16.2. The molecular weight excluding hydrogens is 318 g/mol. The molecular formula is C24H31NO. The molecule has 26 heavy (non-hydrogen) atoms. The zero-order valence-electron chi connectivity index (χ0n) is 15.8. The summed E-state index contributed by atoms with van der Waals surface area (Å²) in [5.74, 6) is 0.0733. The normalized spacial score (nSPS) is 16.9. The summed E-state index contributed by atoms with van der Waals surface area (Å²) in [6.07, 6.45) is 10.1. The van der Waals surface area contributed by atoms with Gasteiger partial charge in [-0.15, -0.1) is 0 Å². The average molecular weight is 350 g/mol. The average Bonchev–Trinajstić information content (AvgIpc) is 2.75. The Kier molecular flexibility index (Phi) is 7.30. The first-order chi connectivity index (χ1) is 12.9. The minimum Gasteiger partial charge on any atom is -0.342 e. The maximum absolute atomic E-state index is 13.6. The van der Waals surface area contributed by atoms with Gasteiger partial charge in [-0.25, -0.2) is 0 Å². The lowest BCUT2D eigenvalue weighted by molar-refractivity contribution is -0.132. The Bertz CT molecular complexity index is 601. The number of amides is 1. The Morgan fingerprint density at radius 3 is 1.42 bits per heavy atom. The van der Waals surface area contributed by atoms with Crippen molar-refractivity contribution in [2.75, 3.05) is 13.1 Å². The molecule has 1 aliphatic rings. The van der Waals surface area contributed by atoms with Crippen LogP contribution >= 0.6 is 0 Å². The monoisotopic (exact) mass is 349 g/mol. The van der Waals surface area contributed by atoms with Crippen LogP contribution in [0.1, 0.15) is 68.4 Å². The minimum absolute atomic E-state index is 0.192. The van der Waals surface area contributed by atoms with E-state index in [0.29, 0.717) is 0 Å². The van der Waals surface area contributed by atoms with Crippen LogP contribution in [-0.2, 0) is 4.79 Å². The summed E-state index contributed by atoms with van der Waals surface area (Å²) >= 11 is 0. The number of carbonyl (C=O) groups is 1. The molecule has 3 rings (SSSR count). The summed E-state index contributed by atoms with van der Waals surface area (Å²) in [7, 11) is 0. The van der Waals surface area contributed by atoms with Crippen molar-refractivity contribution in [2.24, 2.45) is 0 Å². The largest absolute Gasteiger partial charge is 0.342 e. The van der Waals surface area contributed by atoms with Gasteiger partial charge >= 0.3 is 0 Å². The maximum atomic E-state index is 13.6. The topological polar surface area (TPSA) is 20.3 Å². The van der Waals surface area contributed by atoms with Gasteiger partial charge in [0.05, 0.1) is 5.92 Å². The molecule has 138 valence electrons. The number of rotatable bonds is 3. The maximum Gasteiger partial charge on any atom is 0.234 e. The lowest BCUT2D eigenvalue weighted by Crippen LogP contribution is -2.37. The molecule has 0 unspecified atom stereocenters. The fourth-order valence-electron chi connectivity index (χ4n) is 3.95. The van der Waals surface area contributed by atoms with Crippen molar-refractivity contribution in [3.8, 4) is 0 Å². The van der Waals surface area contributed by atoms with Crippen molar-refractivity contribution >= 4 is 5.91 Å². The van der Waals surface area contributed by atoms with Crippen molar-refractivity contribution in [1.29, 1.82) is 0 Å². The molecule has 1 amide bonds. The van der Waals surface area contributed by atoms with E-state index in [9.17, 15) is 4.79 Å². The van der Waals surface area contributed by atoms with E-state index in [4.69, 9.17) is 0 Å². The molecule has 2 heteroatoms. The number of hydrogen-bond donors (Lipinski definition) is 0. The number of carbonyl (C=O) groups excluding carboxylic acids is 1. The molecule has 0 radical (unpaired) electrons. The summed E-state index contributed by atoms with van der Waals surface area (Å²) in [6, 6.07) is 20.5. The molecule has 1 heterocycles. The van der Waals surface area contributed by atoms with Gasteiger partial charge in [0.15, 0.2) is 0 Å². The van der Waals surface area contributed by atoms with E-state index in [1.807, 2.05) is 36.4 Å². The molecule has 0 aliphatic carbocycles. The predicted octanol–water partition coefficient (Wildman–Crippen LogP) is 5.78. The third kappa shape index (κ3) is 5.20. The Morgan fingerprint density at radius 1 is 0.615 bits per heavy atom. The second kappa shape index (κ2) is 10.2. The van der Waals surface area contributed by atoms with Gasteiger partial charge in [-0.2, -0.15) is 0 Å². The van der Waals surface area contributed by atoms with E-state index in [0.717, 1.165) is 37.1 Å². The van der Waals surface area contributed by atoms with Crippen LogP contribution in [0.4, 0.5) is 0 Å². The fraction of sp³-hybridized carbons (Fsp3) is 0.458. The first-order valence-electron chi connectivity index (χ1n) is 10.2. The standard InChI is InChI=1S/C24H31NO/c26-24(25-19-13-5-3-1-2-4-6-14-20-25)23(21-15-9-7-10-16-21)22-17-11-8-12-18-22/h7-12,15-18,23H,1-6,13-14,19-20H2. The molecule has 0 N–H and O–H groups in total. The summed E-state index contributed by atoms with van der Waals surface area (Å²) < 4.78 is 0. The van der Waals surface area contributed by atoms with Crippen LogP contribution in [0, 0.1) is 0 Å². The first-order valence-corrected chi connectivity index (χ1v) is 10.2. The zero-order chi connectivity index (χ0) is 18.0. The number of benzene rings is 2. The van der Waals surface area contributed by atoms with Crippen molar-refractivity contribution in [3.63, 3.8) is 0 Å². The third-order valence-electron chi connectivity index (χ3n) is 5.43. The molecule has 0 spiro atoms. The van der Waals surface area contributed by atoms with Crippen LogP contribution in [0.2, 0.25) is 0 Å². The minimum atomic E-state index is -0.192. The Hall–Kier alpha value is -2.09. The van der Waals surface area contributed by atoms with Gasteiger partial charge in [-0.1, -0.05) is 99.2 Å². The lowest BCUT2D eigenvalue weighted by Gasteiger charge is -2.28. The van der Waals surface area contributed by atoms with Gasteiger partial charge < -0.3 is 4.90 Å². The summed E-state index contributed by atoms with van der Waals surface area (Å²) in [5, 5.41) is 0. The SMILES string of the molecule is O=C(C(c1ccccc1)c1ccccc1)N1CCCCCCCCCC1. The molecule has 2 nitrogen and oxygen atoms in total. The smallest absolute Gasteiger partial charge is 0.234 e. The number of hydrogen-bond acceptors (Lipinski definition) is 1. The highest BCUT2D eigenvalue weighted by Crippen LogP contribution is 2.27. The highest BCUT2D eigenvalue weighted by molar-refractivity contribution is 5.87. The van der Waals surface area contributed by atoms with Crippen molar-refractivity contribution in [2.45, 2.75) is 57.3 Å². The van der Waals surface area contributed by atoms with E-state index >= 15 is 0 Å². The van der Waals surface area contributed by atoms with E-state index in [1.54, 1.807) is 0 Å². The van der Waals surface area contributed by atoms with E-state index in [1.165, 1.54) is 38.5 Å². The van der Waals surface area contributed by atoms with Gasteiger partial charge in [-0.05, 0) is 24.0 Å². The molecule has 0 saturated carbocycles. The van der Waals surface area contributed by atoms with Gasteiger partial charge in [0.1, 0.15) is 0 Å². The molecule has 1 saturated heterocycles. The molecule has 0 bridgehead atoms. The van der Waals surface area contributed by atoms with Gasteiger partial charge in [0, 0.05) is 13.1 Å². The third-order valence-corrected chi connectivity index (χ3v) is 5.43. The molecule has 0 atom stereocenters. The highest BCUT2D eigenvalue weighted by Gasteiger charge is 2.27. The Morgan fingerprint density at radius 2 is 1.00 bits per heavy atom. The Balaban J connectivity index is 1.83. The van der Waals surface area contributed by atoms with Crippen LogP contribution in [0.5, 0.6) is 0 Å². The van der Waals surface area contributed by atoms with Gasteiger partial charge in [0.25, 0.3) is 0 Å². The first kappa shape index (κ1) is 18.7. The summed E-state index contributed by atoms with van der Waals surface area (Å²) in [4.78, 5) is 15.7. The van der Waals surface area contributed by atoms with Gasteiger partial charge in [-0.3, -0.25) is 4.79 Å². The lowest BCUT2D eigenvalue weighted by atomic mass is 9.90. The molecule has 0 aromatic heterocycles. The van der Waals surface area contributed by atoms with Crippen LogP contribution in [0.25, 0.3) is 0 Å². The van der Waals surface area contributed by atoms with Crippen LogP contribution in [0.3, 0.4) is 0 Å². The van der Waals surface area contributed by atoms with Crippen LogP contribution in [0.15, 0.2) is 60.7 Å².